The van der Waals surface area contributed by atoms with Crippen molar-refractivity contribution in [2.24, 2.45) is 0 Å². The van der Waals surface area contributed by atoms with Crippen LogP contribution in [0.1, 0.15) is 31.3 Å². The lowest BCUT2D eigenvalue weighted by Gasteiger charge is -2.25. The molecule has 29 heavy (non-hydrogen) atoms. The molecule has 1 aromatic heterocycles. The van der Waals surface area contributed by atoms with Crippen molar-refractivity contribution in [2.45, 2.75) is 26.4 Å². The molecule has 0 saturated heterocycles. The SMILES string of the molecule is CCN(Cc1ccc(N(C)C)cc1)[C@H](C)c1nnc(-c2ccc([N+](=O)[O-])cc2)o1. The molecule has 0 radical (unpaired) electrons. The van der Waals surface area contributed by atoms with Gasteiger partial charge in [0.1, 0.15) is 0 Å². The topological polar surface area (TPSA) is 88.5 Å². The highest BCUT2D eigenvalue weighted by Crippen LogP contribution is 2.26. The molecule has 0 aliphatic rings. The Hall–Kier alpha value is -3.26. The highest BCUT2D eigenvalue weighted by molar-refractivity contribution is 5.55. The van der Waals surface area contributed by atoms with Crippen LogP contribution in [0.5, 0.6) is 0 Å². The number of anilines is 1. The largest absolute Gasteiger partial charge is 0.419 e. The van der Waals surface area contributed by atoms with E-state index in [-0.39, 0.29) is 11.7 Å². The zero-order valence-corrected chi connectivity index (χ0v) is 17.1. The number of aromatic nitrogens is 2. The molecule has 3 aromatic rings. The van der Waals surface area contributed by atoms with Gasteiger partial charge < -0.3 is 9.32 Å². The molecule has 0 bridgehead atoms. The van der Waals surface area contributed by atoms with E-state index in [9.17, 15) is 10.1 Å². The van der Waals surface area contributed by atoms with E-state index < -0.39 is 4.92 Å². The standard InChI is InChI=1S/C21H25N5O3/c1-5-25(14-16-6-10-18(11-7-16)24(3)4)15(2)20-22-23-21(29-20)17-8-12-19(13-9-17)26(27)28/h6-13,15H,5,14H2,1-4H3/t15-/m1/s1. The zero-order chi connectivity index (χ0) is 21.0. The first kappa shape index (κ1) is 20.5. The molecule has 8 nitrogen and oxygen atoms in total. The summed E-state index contributed by atoms with van der Waals surface area (Å²) in [7, 11) is 4.04. The summed E-state index contributed by atoms with van der Waals surface area (Å²) in [6, 6.07) is 14.5. The fourth-order valence-corrected chi connectivity index (χ4v) is 3.06. The van der Waals surface area contributed by atoms with Crippen LogP contribution in [0.15, 0.2) is 52.9 Å². The minimum absolute atomic E-state index is 0.0271. The Morgan fingerprint density at radius 1 is 1.07 bits per heavy atom. The Kier molecular flexibility index (Phi) is 6.23. The van der Waals surface area contributed by atoms with Crippen molar-refractivity contribution in [2.75, 3.05) is 25.5 Å². The Bertz CT molecular complexity index is 951. The van der Waals surface area contributed by atoms with Crippen molar-refractivity contribution in [1.82, 2.24) is 15.1 Å². The summed E-state index contributed by atoms with van der Waals surface area (Å²) in [4.78, 5) is 14.7. The number of non-ortho nitro benzene ring substituents is 1. The minimum Gasteiger partial charge on any atom is -0.419 e. The second-order valence-corrected chi connectivity index (χ2v) is 7.05. The first-order valence-corrected chi connectivity index (χ1v) is 9.47. The van der Waals surface area contributed by atoms with Crippen molar-refractivity contribution in [3.8, 4) is 11.5 Å². The minimum atomic E-state index is -0.435. The van der Waals surface area contributed by atoms with Gasteiger partial charge in [-0.1, -0.05) is 19.1 Å². The molecule has 0 unspecified atom stereocenters. The summed E-state index contributed by atoms with van der Waals surface area (Å²) in [5.74, 6) is 0.873. The van der Waals surface area contributed by atoms with E-state index in [1.807, 2.05) is 21.0 Å². The maximum absolute atomic E-state index is 10.8. The van der Waals surface area contributed by atoms with Gasteiger partial charge in [0.05, 0.1) is 11.0 Å². The second kappa shape index (κ2) is 8.83. The monoisotopic (exact) mass is 395 g/mol. The number of nitro benzene ring substituents is 1. The highest BCUT2D eigenvalue weighted by Gasteiger charge is 2.21. The van der Waals surface area contributed by atoms with Crippen LogP contribution in [0.3, 0.4) is 0 Å². The van der Waals surface area contributed by atoms with Crippen LogP contribution in [-0.2, 0) is 6.54 Å². The van der Waals surface area contributed by atoms with Gasteiger partial charge in [-0.15, -0.1) is 10.2 Å². The lowest BCUT2D eigenvalue weighted by Crippen LogP contribution is -2.26. The third-order valence-electron chi connectivity index (χ3n) is 4.92. The van der Waals surface area contributed by atoms with Crippen LogP contribution in [-0.4, -0.2) is 40.7 Å². The van der Waals surface area contributed by atoms with E-state index in [2.05, 4.69) is 51.2 Å². The third-order valence-corrected chi connectivity index (χ3v) is 4.92. The number of hydrogen-bond donors (Lipinski definition) is 0. The quantitative estimate of drug-likeness (QED) is 0.415. The summed E-state index contributed by atoms with van der Waals surface area (Å²) in [5, 5.41) is 19.1. The van der Waals surface area contributed by atoms with Crippen LogP contribution < -0.4 is 4.90 Å². The number of nitrogens with zero attached hydrogens (tertiary/aromatic N) is 5. The molecule has 0 N–H and O–H groups in total. The average Bonchev–Trinajstić information content (AvgIpc) is 3.22. The van der Waals surface area contributed by atoms with Gasteiger partial charge in [0.25, 0.3) is 5.69 Å². The van der Waals surface area contributed by atoms with Gasteiger partial charge in [-0.2, -0.15) is 0 Å². The molecule has 152 valence electrons. The van der Waals surface area contributed by atoms with E-state index in [0.29, 0.717) is 17.3 Å². The lowest BCUT2D eigenvalue weighted by molar-refractivity contribution is -0.384. The molecular weight excluding hydrogens is 370 g/mol. The molecule has 2 aromatic carbocycles. The van der Waals surface area contributed by atoms with Crippen molar-refractivity contribution in [1.29, 1.82) is 0 Å². The number of hydrogen-bond acceptors (Lipinski definition) is 7. The van der Waals surface area contributed by atoms with Crippen molar-refractivity contribution in [3.05, 3.63) is 70.1 Å². The molecule has 0 fully saturated rings. The van der Waals surface area contributed by atoms with Gasteiger partial charge in [-0.3, -0.25) is 15.0 Å². The molecule has 0 aliphatic heterocycles. The second-order valence-electron chi connectivity index (χ2n) is 7.05. The van der Waals surface area contributed by atoms with Crippen LogP contribution in [0.2, 0.25) is 0 Å². The number of rotatable bonds is 8. The Morgan fingerprint density at radius 3 is 2.28 bits per heavy atom. The third kappa shape index (κ3) is 4.78. The Morgan fingerprint density at radius 2 is 1.72 bits per heavy atom. The maximum atomic E-state index is 10.8. The van der Waals surface area contributed by atoms with Crippen LogP contribution >= 0.6 is 0 Å². The molecule has 1 atom stereocenters. The molecule has 3 rings (SSSR count). The lowest BCUT2D eigenvalue weighted by atomic mass is 10.1. The molecule has 8 heteroatoms. The van der Waals surface area contributed by atoms with Gasteiger partial charge in [-0.05, 0) is 43.3 Å². The smallest absolute Gasteiger partial charge is 0.269 e. The van der Waals surface area contributed by atoms with Crippen molar-refractivity contribution < 1.29 is 9.34 Å². The summed E-state index contributed by atoms with van der Waals surface area (Å²) in [6.45, 7) is 5.72. The number of benzene rings is 2. The van der Waals surface area contributed by atoms with Crippen molar-refractivity contribution >= 4 is 11.4 Å². The Labute approximate surface area is 169 Å². The summed E-state index contributed by atoms with van der Waals surface area (Å²) in [6.07, 6.45) is 0. The fourth-order valence-electron chi connectivity index (χ4n) is 3.06. The van der Waals surface area contributed by atoms with Gasteiger partial charge in [0, 0.05) is 44.0 Å². The summed E-state index contributed by atoms with van der Waals surface area (Å²) < 4.78 is 5.86. The summed E-state index contributed by atoms with van der Waals surface area (Å²) in [5.41, 5.74) is 3.05. The predicted molar refractivity (Wildman–Crippen MR) is 112 cm³/mol. The highest BCUT2D eigenvalue weighted by atomic mass is 16.6. The maximum Gasteiger partial charge on any atom is 0.269 e. The first-order valence-electron chi connectivity index (χ1n) is 9.47. The van der Waals surface area contributed by atoms with E-state index >= 15 is 0 Å². The van der Waals surface area contributed by atoms with Gasteiger partial charge in [0.2, 0.25) is 11.8 Å². The van der Waals surface area contributed by atoms with Crippen LogP contribution in [0.4, 0.5) is 11.4 Å². The zero-order valence-electron chi connectivity index (χ0n) is 17.1. The molecule has 0 aliphatic carbocycles. The van der Waals surface area contributed by atoms with E-state index in [4.69, 9.17) is 4.42 Å². The average molecular weight is 395 g/mol. The molecule has 0 saturated carbocycles. The molecule has 0 spiro atoms. The fraction of sp³-hybridized carbons (Fsp3) is 0.333. The number of nitro groups is 1. The van der Waals surface area contributed by atoms with E-state index in [1.165, 1.54) is 17.7 Å². The first-order chi connectivity index (χ1) is 13.9. The van der Waals surface area contributed by atoms with Crippen LogP contribution in [0.25, 0.3) is 11.5 Å². The van der Waals surface area contributed by atoms with Gasteiger partial charge in [0.15, 0.2) is 0 Å². The summed E-state index contributed by atoms with van der Waals surface area (Å²) >= 11 is 0. The van der Waals surface area contributed by atoms with Gasteiger partial charge in [-0.25, -0.2) is 0 Å². The van der Waals surface area contributed by atoms with Gasteiger partial charge >= 0.3 is 0 Å². The molecule has 1 heterocycles. The normalized spacial score (nSPS) is 12.2. The van der Waals surface area contributed by atoms with Crippen LogP contribution in [0, 0.1) is 10.1 Å². The van der Waals surface area contributed by atoms with E-state index in [1.54, 1.807) is 12.1 Å². The predicted octanol–water partition coefficient (Wildman–Crippen LogP) is 4.29. The Balaban J connectivity index is 1.72. The van der Waals surface area contributed by atoms with E-state index in [0.717, 1.165) is 18.8 Å². The van der Waals surface area contributed by atoms with Crippen molar-refractivity contribution in [3.63, 3.8) is 0 Å². The molecular formula is C21H25N5O3. The molecule has 0 amide bonds.